The Hall–Kier alpha value is -1.41. The monoisotopic (exact) mass is 436 g/mol. The fourth-order valence-corrected chi connectivity index (χ4v) is 5.01. The van der Waals surface area contributed by atoms with Crippen molar-refractivity contribution < 1.29 is 14.0 Å². The summed E-state index contributed by atoms with van der Waals surface area (Å²) in [6, 6.07) is -0.604. The number of nitrogens with one attached hydrogen (secondary N) is 1. The smallest absolute Gasteiger partial charge is 0.286 e. The topological polar surface area (TPSA) is 88.3 Å². The largest absolute Gasteiger partial charge is 0.408 e. The van der Waals surface area contributed by atoms with Gasteiger partial charge in [-0.3, -0.25) is 9.59 Å². The van der Waals surface area contributed by atoms with Crippen molar-refractivity contribution in [1.82, 2.24) is 20.4 Å². The summed E-state index contributed by atoms with van der Waals surface area (Å²) in [5.74, 6) is 0.902. The van der Waals surface area contributed by atoms with E-state index < -0.39 is 6.04 Å². The molecule has 2 heterocycles. The lowest BCUT2D eigenvalue weighted by atomic mass is 9.88. The molecule has 1 aromatic rings. The van der Waals surface area contributed by atoms with Gasteiger partial charge >= 0.3 is 0 Å². The van der Waals surface area contributed by atoms with Gasteiger partial charge in [0.2, 0.25) is 11.7 Å². The molecule has 1 N–H and O–H groups in total. The summed E-state index contributed by atoms with van der Waals surface area (Å²) in [6.07, 6.45) is 9.42. The summed E-state index contributed by atoms with van der Waals surface area (Å²) >= 11 is 1.50. The number of hydrogen-bond acceptors (Lipinski definition) is 7. The van der Waals surface area contributed by atoms with Gasteiger partial charge in [-0.25, -0.2) is 0 Å². The number of likely N-dealkylation sites (tertiary alicyclic amines) is 1. The standard InChI is InChI=1S/C22H36N4O3S/c1-16(2)15-18(23-20(28)17-9-4-3-5-10-17)19(27)21-24-25-22(29-21)30-14-8-13-26-11-6-7-12-26/h16-18H,3-15H2,1-2H3,(H,23,28). The molecule has 0 bridgehead atoms. The van der Waals surface area contributed by atoms with Gasteiger partial charge < -0.3 is 14.6 Å². The maximum Gasteiger partial charge on any atom is 0.286 e. The van der Waals surface area contributed by atoms with Gasteiger partial charge in [-0.15, -0.1) is 10.2 Å². The number of Topliss-reactive ketones (excluding diaryl/α,β-unsaturated/α-hetero) is 1. The second-order valence-electron chi connectivity index (χ2n) is 9.01. The first-order chi connectivity index (χ1) is 14.5. The highest BCUT2D eigenvalue weighted by atomic mass is 32.2. The molecular formula is C22H36N4O3S. The molecule has 3 rings (SSSR count). The number of rotatable bonds is 11. The molecule has 8 heteroatoms. The maximum absolute atomic E-state index is 13.0. The molecule has 2 fully saturated rings. The number of carbonyl (C=O) groups excluding carboxylic acids is 2. The van der Waals surface area contributed by atoms with Crippen molar-refractivity contribution in [3.8, 4) is 0 Å². The van der Waals surface area contributed by atoms with E-state index in [2.05, 4.69) is 20.4 Å². The molecule has 2 aliphatic rings. The molecule has 1 saturated heterocycles. The van der Waals surface area contributed by atoms with Crippen LogP contribution in [-0.2, 0) is 4.79 Å². The van der Waals surface area contributed by atoms with Gasteiger partial charge in [0.1, 0.15) is 0 Å². The van der Waals surface area contributed by atoms with E-state index in [0.29, 0.717) is 11.6 Å². The molecule has 1 unspecified atom stereocenters. The van der Waals surface area contributed by atoms with Crippen LogP contribution < -0.4 is 5.32 Å². The highest BCUT2D eigenvalue weighted by molar-refractivity contribution is 7.99. The quantitative estimate of drug-likeness (QED) is 0.319. The third-order valence-corrected chi connectivity index (χ3v) is 6.88. The van der Waals surface area contributed by atoms with Crippen molar-refractivity contribution >= 4 is 23.5 Å². The van der Waals surface area contributed by atoms with E-state index in [-0.39, 0.29) is 29.4 Å². The summed E-state index contributed by atoms with van der Waals surface area (Å²) < 4.78 is 5.63. The van der Waals surface area contributed by atoms with E-state index in [9.17, 15) is 9.59 Å². The molecule has 0 radical (unpaired) electrons. The zero-order valence-corrected chi connectivity index (χ0v) is 19.2. The van der Waals surface area contributed by atoms with Crippen molar-refractivity contribution in [3.63, 3.8) is 0 Å². The average molecular weight is 437 g/mol. The van der Waals surface area contributed by atoms with E-state index in [1.807, 2.05) is 13.8 Å². The summed E-state index contributed by atoms with van der Waals surface area (Å²) in [4.78, 5) is 28.1. The zero-order chi connectivity index (χ0) is 21.3. The van der Waals surface area contributed by atoms with Crippen LogP contribution in [0.2, 0.25) is 0 Å². The van der Waals surface area contributed by atoms with E-state index in [4.69, 9.17) is 4.42 Å². The molecule has 7 nitrogen and oxygen atoms in total. The van der Waals surface area contributed by atoms with Gasteiger partial charge in [-0.05, 0) is 64.1 Å². The molecule has 0 spiro atoms. The van der Waals surface area contributed by atoms with Crippen LogP contribution in [0, 0.1) is 11.8 Å². The lowest BCUT2D eigenvalue weighted by Crippen LogP contribution is -2.45. The summed E-state index contributed by atoms with van der Waals surface area (Å²) in [5, 5.41) is 11.4. The predicted octanol–water partition coefficient (Wildman–Crippen LogP) is 3.94. The lowest BCUT2D eigenvalue weighted by molar-refractivity contribution is -0.126. The van der Waals surface area contributed by atoms with Gasteiger partial charge in [-0.1, -0.05) is 44.9 Å². The van der Waals surface area contributed by atoms with Crippen LogP contribution in [-0.4, -0.2) is 58.2 Å². The first kappa shape index (κ1) is 23.3. The fraction of sp³-hybridized carbons (Fsp3) is 0.818. The maximum atomic E-state index is 13.0. The molecule has 1 amide bonds. The highest BCUT2D eigenvalue weighted by Gasteiger charge is 2.30. The Morgan fingerprint density at radius 1 is 1.13 bits per heavy atom. The van der Waals surface area contributed by atoms with Gasteiger partial charge in [0.25, 0.3) is 11.1 Å². The molecule has 168 valence electrons. The molecular weight excluding hydrogens is 400 g/mol. The van der Waals surface area contributed by atoms with E-state index in [1.54, 1.807) is 0 Å². The average Bonchev–Trinajstić information content (AvgIpc) is 3.42. The van der Waals surface area contributed by atoms with Crippen LogP contribution in [0.25, 0.3) is 0 Å². The van der Waals surface area contributed by atoms with Crippen LogP contribution in [0.1, 0.15) is 82.3 Å². The molecule has 1 atom stereocenters. The van der Waals surface area contributed by atoms with Crippen molar-refractivity contribution in [2.45, 2.75) is 82.9 Å². The first-order valence-corrected chi connectivity index (χ1v) is 12.5. The normalized spacial score (nSPS) is 19.3. The Kier molecular flexibility index (Phi) is 9.18. The minimum atomic E-state index is -0.604. The zero-order valence-electron chi connectivity index (χ0n) is 18.4. The van der Waals surface area contributed by atoms with Crippen LogP contribution in [0.3, 0.4) is 0 Å². The minimum absolute atomic E-state index is 0.00615. The Morgan fingerprint density at radius 3 is 2.57 bits per heavy atom. The molecule has 30 heavy (non-hydrogen) atoms. The van der Waals surface area contributed by atoms with Crippen LogP contribution in [0.15, 0.2) is 9.64 Å². The van der Waals surface area contributed by atoms with Crippen molar-refractivity contribution in [2.24, 2.45) is 11.8 Å². The number of thioether (sulfide) groups is 1. The predicted molar refractivity (Wildman–Crippen MR) is 118 cm³/mol. The van der Waals surface area contributed by atoms with E-state index in [0.717, 1.165) is 44.4 Å². The number of amides is 1. The minimum Gasteiger partial charge on any atom is -0.408 e. The van der Waals surface area contributed by atoms with Crippen LogP contribution >= 0.6 is 11.8 Å². The van der Waals surface area contributed by atoms with E-state index in [1.165, 1.54) is 44.1 Å². The Balaban J connectivity index is 1.51. The van der Waals surface area contributed by atoms with Crippen molar-refractivity contribution in [2.75, 3.05) is 25.4 Å². The number of hydrogen-bond donors (Lipinski definition) is 1. The highest BCUT2D eigenvalue weighted by Crippen LogP contribution is 2.25. The summed E-state index contributed by atoms with van der Waals surface area (Å²) in [6.45, 7) is 7.59. The Labute approximate surface area is 184 Å². The third kappa shape index (κ3) is 7.08. The lowest BCUT2D eigenvalue weighted by Gasteiger charge is -2.24. The van der Waals surface area contributed by atoms with Crippen LogP contribution in [0.4, 0.5) is 0 Å². The molecule has 1 saturated carbocycles. The summed E-state index contributed by atoms with van der Waals surface area (Å²) in [5.41, 5.74) is 0. The number of ketones is 1. The molecule has 1 aliphatic heterocycles. The van der Waals surface area contributed by atoms with Gasteiger partial charge in [0.05, 0.1) is 6.04 Å². The second-order valence-corrected chi connectivity index (χ2v) is 10.1. The Morgan fingerprint density at radius 2 is 1.87 bits per heavy atom. The van der Waals surface area contributed by atoms with Gasteiger partial charge in [0.15, 0.2) is 0 Å². The number of nitrogens with zero attached hydrogens (tertiary/aromatic N) is 3. The Bertz CT molecular complexity index is 682. The third-order valence-electron chi connectivity index (χ3n) is 5.98. The molecule has 0 aromatic carbocycles. The fourth-order valence-electron chi connectivity index (χ4n) is 4.33. The SMILES string of the molecule is CC(C)CC(NC(=O)C1CCCCC1)C(=O)c1nnc(SCCCN2CCCC2)o1. The molecule has 1 aromatic heterocycles. The van der Waals surface area contributed by atoms with Crippen LogP contribution in [0.5, 0.6) is 0 Å². The van der Waals surface area contributed by atoms with E-state index >= 15 is 0 Å². The van der Waals surface area contributed by atoms with Crippen molar-refractivity contribution in [3.05, 3.63) is 5.89 Å². The number of aromatic nitrogens is 2. The number of carbonyl (C=O) groups is 2. The molecule has 1 aliphatic carbocycles. The first-order valence-electron chi connectivity index (χ1n) is 11.6. The second kappa shape index (κ2) is 11.8. The van der Waals surface area contributed by atoms with Gasteiger partial charge in [0, 0.05) is 11.7 Å². The van der Waals surface area contributed by atoms with Crippen molar-refractivity contribution in [1.29, 1.82) is 0 Å². The summed E-state index contributed by atoms with van der Waals surface area (Å²) in [7, 11) is 0. The van der Waals surface area contributed by atoms with Gasteiger partial charge in [-0.2, -0.15) is 0 Å².